The van der Waals surface area contributed by atoms with E-state index in [0.717, 1.165) is 6.42 Å². The molecule has 0 radical (unpaired) electrons. The minimum Gasteiger partial charge on any atom is -0.297 e. The van der Waals surface area contributed by atoms with E-state index >= 15 is 0 Å². The average molecular weight is 228 g/mol. The van der Waals surface area contributed by atoms with Gasteiger partial charge in [-0.1, -0.05) is 20.8 Å². The van der Waals surface area contributed by atoms with E-state index in [1.165, 1.54) is 0 Å². The quantitative estimate of drug-likeness (QED) is 0.719. The van der Waals surface area contributed by atoms with E-state index in [4.69, 9.17) is 0 Å². The second kappa shape index (κ2) is 5.05. The highest BCUT2D eigenvalue weighted by molar-refractivity contribution is 4.90. The van der Waals surface area contributed by atoms with Crippen molar-refractivity contribution >= 4 is 0 Å². The van der Waals surface area contributed by atoms with Crippen molar-refractivity contribution in [2.45, 2.75) is 86.0 Å². The van der Waals surface area contributed by atoms with Crippen molar-refractivity contribution in [1.29, 1.82) is 0 Å². The van der Waals surface area contributed by atoms with Crippen LogP contribution in [-0.4, -0.2) is 17.2 Å². The van der Waals surface area contributed by atoms with Crippen molar-refractivity contribution < 1.29 is 0 Å². The first-order valence-electron chi connectivity index (χ1n) is 6.43. The molecule has 0 aromatic heterocycles. The predicted octanol–water partition coefficient (Wildman–Crippen LogP) is 3.52. The molecule has 0 atom stereocenters. The molecule has 0 heterocycles. The van der Waals surface area contributed by atoms with Gasteiger partial charge in [-0.25, -0.2) is 0 Å². The van der Waals surface area contributed by atoms with Gasteiger partial charge in [0.05, 0.1) is 6.17 Å². The average Bonchev–Trinajstić information content (AvgIpc) is 1.97. The molecule has 0 bridgehead atoms. The maximum atomic E-state index is 3.69. The minimum absolute atomic E-state index is 0.134. The zero-order valence-corrected chi connectivity index (χ0v) is 12.8. The molecule has 0 aliphatic carbocycles. The first-order valence-corrected chi connectivity index (χ1v) is 6.43. The van der Waals surface area contributed by atoms with E-state index in [-0.39, 0.29) is 16.5 Å². The SMILES string of the molecule is CCC(C)(C)C(NC(C)(C)C)NC(C)(C)C. The molecular formula is C14H32N2. The van der Waals surface area contributed by atoms with Crippen LogP contribution in [0.25, 0.3) is 0 Å². The first-order chi connectivity index (χ1) is 6.87. The lowest BCUT2D eigenvalue weighted by molar-refractivity contribution is 0.132. The molecule has 0 saturated heterocycles. The Bertz CT molecular complexity index is 190. The second-order valence-electron chi connectivity index (χ2n) is 7.56. The van der Waals surface area contributed by atoms with Crippen molar-refractivity contribution in [1.82, 2.24) is 10.6 Å². The fourth-order valence-electron chi connectivity index (χ4n) is 1.50. The van der Waals surface area contributed by atoms with Gasteiger partial charge in [0.2, 0.25) is 0 Å². The molecule has 2 nitrogen and oxygen atoms in total. The van der Waals surface area contributed by atoms with Crippen molar-refractivity contribution in [3.63, 3.8) is 0 Å². The Morgan fingerprint density at radius 2 is 1.06 bits per heavy atom. The van der Waals surface area contributed by atoms with E-state index in [1.54, 1.807) is 0 Å². The van der Waals surface area contributed by atoms with Crippen molar-refractivity contribution in [2.75, 3.05) is 0 Å². The highest BCUT2D eigenvalue weighted by Crippen LogP contribution is 2.26. The summed E-state index contributed by atoms with van der Waals surface area (Å²) in [6.45, 7) is 20.2. The monoisotopic (exact) mass is 228 g/mol. The van der Waals surface area contributed by atoms with E-state index < -0.39 is 0 Å². The van der Waals surface area contributed by atoms with Crippen LogP contribution >= 0.6 is 0 Å². The molecule has 2 N–H and O–H groups in total. The molecular weight excluding hydrogens is 196 g/mol. The number of hydrogen-bond acceptors (Lipinski definition) is 2. The van der Waals surface area contributed by atoms with Gasteiger partial charge in [0, 0.05) is 11.1 Å². The lowest BCUT2D eigenvalue weighted by Crippen LogP contribution is -2.62. The maximum Gasteiger partial charge on any atom is 0.0632 e. The molecule has 0 aromatic rings. The first kappa shape index (κ1) is 15.9. The summed E-state index contributed by atoms with van der Waals surface area (Å²) in [7, 11) is 0. The summed E-state index contributed by atoms with van der Waals surface area (Å²) in [5.74, 6) is 0. The Morgan fingerprint density at radius 3 is 1.25 bits per heavy atom. The Hall–Kier alpha value is -0.0800. The number of rotatable bonds is 4. The van der Waals surface area contributed by atoms with Crippen LogP contribution in [0.5, 0.6) is 0 Å². The molecule has 0 unspecified atom stereocenters. The third-order valence-corrected chi connectivity index (χ3v) is 2.85. The summed E-state index contributed by atoms with van der Waals surface area (Å²) in [4.78, 5) is 0. The zero-order chi connectivity index (χ0) is 13.2. The van der Waals surface area contributed by atoms with Gasteiger partial charge < -0.3 is 0 Å². The molecule has 0 rings (SSSR count). The number of nitrogens with one attached hydrogen (secondary N) is 2. The molecule has 0 saturated carbocycles. The minimum atomic E-state index is 0.134. The van der Waals surface area contributed by atoms with Crippen molar-refractivity contribution in [2.24, 2.45) is 5.41 Å². The molecule has 98 valence electrons. The van der Waals surface area contributed by atoms with Crippen molar-refractivity contribution in [3.8, 4) is 0 Å². The van der Waals surface area contributed by atoms with Gasteiger partial charge in [-0.15, -0.1) is 0 Å². The van der Waals surface area contributed by atoms with Crippen molar-refractivity contribution in [3.05, 3.63) is 0 Å². The molecule has 0 spiro atoms. The molecule has 0 amide bonds. The fourth-order valence-corrected chi connectivity index (χ4v) is 1.50. The summed E-state index contributed by atoms with van der Waals surface area (Å²) in [5.41, 5.74) is 0.519. The van der Waals surface area contributed by atoms with Crippen LogP contribution in [-0.2, 0) is 0 Å². The van der Waals surface area contributed by atoms with E-state index in [0.29, 0.717) is 6.17 Å². The van der Waals surface area contributed by atoms with Crippen LogP contribution in [0.4, 0.5) is 0 Å². The summed E-state index contributed by atoms with van der Waals surface area (Å²) >= 11 is 0. The summed E-state index contributed by atoms with van der Waals surface area (Å²) < 4.78 is 0. The molecule has 16 heavy (non-hydrogen) atoms. The molecule has 0 aliphatic heterocycles. The van der Waals surface area contributed by atoms with Crippen LogP contribution < -0.4 is 10.6 Å². The molecule has 0 fully saturated rings. The topological polar surface area (TPSA) is 24.1 Å². The maximum absolute atomic E-state index is 3.69. The highest BCUT2D eigenvalue weighted by atomic mass is 15.2. The third-order valence-electron chi connectivity index (χ3n) is 2.85. The van der Waals surface area contributed by atoms with Gasteiger partial charge in [0.1, 0.15) is 0 Å². The Labute approximate surface area is 103 Å². The fraction of sp³-hybridized carbons (Fsp3) is 1.00. The third kappa shape index (κ3) is 6.49. The largest absolute Gasteiger partial charge is 0.297 e. The van der Waals surface area contributed by atoms with Gasteiger partial charge in [-0.05, 0) is 53.4 Å². The summed E-state index contributed by atoms with van der Waals surface area (Å²) in [6.07, 6.45) is 1.49. The normalized spacial score (nSPS) is 14.6. The Balaban J connectivity index is 4.79. The van der Waals surface area contributed by atoms with Gasteiger partial charge in [-0.2, -0.15) is 0 Å². The lowest BCUT2D eigenvalue weighted by Gasteiger charge is -2.43. The predicted molar refractivity (Wildman–Crippen MR) is 73.6 cm³/mol. The Kier molecular flexibility index (Phi) is 5.03. The summed E-state index contributed by atoms with van der Waals surface area (Å²) in [6, 6.07) is 0. The van der Waals surface area contributed by atoms with Crippen LogP contribution in [0, 0.1) is 5.41 Å². The standard InChI is InChI=1S/C14H32N2/c1-10-14(8,9)11(15-12(2,3)4)16-13(5,6)7/h11,15-16H,10H2,1-9H3. The van der Waals surface area contributed by atoms with Gasteiger partial charge in [0.25, 0.3) is 0 Å². The molecule has 0 aromatic carbocycles. The molecule has 2 heteroatoms. The van der Waals surface area contributed by atoms with Gasteiger partial charge in [-0.3, -0.25) is 10.6 Å². The second-order valence-corrected chi connectivity index (χ2v) is 7.56. The van der Waals surface area contributed by atoms with Crippen LogP contribution in [0.2, 0.25) is 0 Å². The van der Waals surface area contributed by atoms with E-state index in [1.807, 2.05) is 0 Å². The van der Waals surface area contributed by atoms with Crippen LogP contribution in [0.15, 0.2) is 0 Å². The number of hydrogen-bond donors (Lipinski definition) is 2. The van der Waals surface area contributed by atoms with Gasteiger partial charge in [0.15, 0.2) is 0 Å². The van der Waals surface area contributed by atoms with Crippen LogP contribution in [0.3, 0.4) is 0 Å². The zero-order valence-electron chi connectivity index (χ0n) is 12.8. The van der Waals surface area contributed by atoms with E-state index in [9.17, 15) is 0 Å². The van der Waals surface area contributed by atoms with Crippen LogP contribution in [0.1, 0.15) is 68.7 Å². The lowest BCUT2D eigenvalue weighted by atomic mass is 9.84. The van der Waals surface area contributed by atoms with Gasteiger partial charge >= 0.3 is 0 Å². The Morgan fingerprint density at radius 1 is 0.750 bits per heavy atom. The smallest absolute Gasteiger partial charge is 0.0632 e. The van der Waals surface area contributed by atoms with E-state index in [2.05, 4.69) is 72.9 Å². The highest BCUT2D eigenvalue weighted by Gasteiger charge is 2.32. The molecule has 0 aliphatic rings. The summed E-state index contributed by atoms with van der Waals surface area (Å²) in [5, 5.41) is 7.39.